The first-order valence-corrected chi connectivity index (χ1v) is 8.66. The molecule has 0 bridgehead atoms. The van der Waals surface area contributed by atoms with Gasteiger partial charge in [-0.1, -0.05) is 0 Å². The van der Waals surface area contributed by atoms with Gasteiger partial charge in [0.05, 0.1) is 24.7 Å². The monoisotopic (exact) mass is 347 g/mol. The molecule has 3 heterocycles. The first-order chi connectivity index (χ1) is 11.9. The molecule has 1 aromatic heterocycles. The first-order valence-electron chi connectivity index (χ1n) is 8.66. The second-order valence-electron chi connectivity index (χ2n) is 7.20. The Balaban J connectivity index is 1.78. The maximum absolute atomic E-state index is 13.1. The van der Waals surface area contributed by atoms with Gasteiger partial charge < -0.3 is 14.7 Å². The lowest BCUT2D eigenvalue weighted by Gasteiger charge is -2.41. The number of amides is 1. The van der Waals surface area contributed by atoms with Crippen LogP contribution in [-0.2, 0) is 14.3 Å². The molecule has 7 nitrogen and oxygen atoms in total. The SMILES string of the molecule is CC(C)(C(=O)N1C[C@@H](C(=O)O)[C@H](c2ccncc2)C1)N1CCOCC1. The van der Waals surface area contributed by atoms with E-state index in [4.69, 9.17) is 4.74 Å². The van der Waals surface area contributed by atoms with E-state index in [0.29, 0.717) is 32.8 Å². The lowest BCUT2D eigenvalue weighted by Crippen LogP contribution is -2.58. The van der Waals surface area contributed by atoms with Crippen LogP contribution in [-0.4, -0.2) is 76.7 Å². The summed E-state index contributed by atoms with van der Waals surface area (Å²) >= 11 is 0. The summed E-state index contributed by atoms with van der Waals surface area (Å²) in [7, 11) is 0. The van der Waals surface area contributed by atoms with E-state index in [9.17, 15) is 14.7 Å². The van der Waals surface area contributed by atoms with Crippen LogP contribution in [0.1, 0.15) is 25.3 Å². The number of nitrogens with zero attached hydrogens (tertiary/aromatic N) is 3. The number of carboxylic acids is 1. The predicted octanol–water partition coefficient (Wildman–Crippen LogP) is 0.819. The smallest absolute Gasteiger partial charge is 0.308 e. The zero-order valence-corrected chi connectivity index (χ0v) is 14.7. The molecule has 2 atom stereocenters. The normalized spacial score (nSPS) is 25.1. The molecule has 3 rings (SSSR count). The third-order valence-corrected chi connectivity index (χ3v) is 5.38. The zero-order valence-electron chi connectivity index (χ0n) is 14.7. The standard InChI is InChI=1S/C18H25N3O4/c1-18(2,21-7-9-25-10-8-21)17(24)20-11-14(15(12-20)16(22)23)13-3-5-19-6-4-13/h3-6,14-15H,7-12H2,1-2H3,(H,22,23)/t14-,15+/m0/s1. The molecule has 2 aliphatic rings. The van der Waals surface area contributed by atoms with E-state index < -0.39 is 17.4 Å². The van der Waals surface area contributed by atoms with Crippen LogP contribution in [0.25, 0.3) is 0 Å². The number of rotatable bonds is 4. The number of aromatic nitrogens is 1. The molecule has 0 aromatic carbocycles. The van der Waals surface area contributed by atoms with Crippen LogP contribution in [0.5, 0.6) is 0 Å². The Morgan fingerprint density at radius 3 is 2.44 bits per heavy atom. The number of morpholine rings is 1. The zero-order chi connectivity index (χ0) is 18.0. The van der Waals surface area contributed by atoms with Gasteiger partial charge in [0, 0.05) is 44.5 Å². The number of carbonyl (C=O) groups is 2. The van der Waals surface area contributed by atoms with E-state index in [0.717, 1.165) is 5.56 Å². The Labute approximate surface area is 147 Å². The molecule has 0 saturated carbocycles. The lowest BCUT2D eigenvalue weighted by atomic mass is 9.90. The van der Waals surface area contributed by atoms with E-state index >= 15 is 0 Å². The van der Waals surface area contributed by atoms with Crippen LogP contribution in [0.4, 0.5) is 0 Å². The van der Waals surface area contributed by atoms with Crippen LogP contribution < -0.4 is 0 Å². The number of hydrogen-bond acceptors (Lipinski definition) is 5. The quantitative estimate of drug-likeness (QED) is 0.868. The maximum Gasteiger partial charge on any atom is 0.308 e. The van der Waals surface area contributed by atoms with Gasteiger partial charge in [-0.05, 0) is 31.5 Å². The minimum Gasteiger partial charge on any atom is -0.481 e. The minimum atomic E-state index is -0.860. The minimum absolute atomic E-state index is 0.0165. The third kappa shape index (κ3) is 3.52. The largest absolute Gasteiger partial charge is 0.481 e. The van der Waals surface area contributed by atoms with E-state index in [2.05, 4.69) is 9.88 Å². The fraction of sp³-hybridized carbons (Fsp3) is 0.611. The molecule has 0 aliphatic carbocycles. The van der Waals surface area contributed by atoms with Crippen molar-refractivity contribution in [2.75, 3.05) is 39.4 Å². The summed E-state index contributed by atoms with van der Waals surface area (Å²) in [6.45, 7) is 7.16. The highest BCUT2D eigenvalue weighted by molar-refractivity contribution is 5.87. The summed E-state index contributed by atoms with van der Waals surface area (Å²) in [6.07, 6.45) is 3.33. The maximum atomic E-state index is 13.1. The van der Waals surface area contributed by atoms with Crippen LogP contribution in [0, 0.1) is 5.92 Å². The summed E-state index contributed by atoms with van der Waals surface area (Å²) in [5.41, 5.74) is 0.252. The number of aliphatic carboxylic acids is 1. The van der Waals surface area contributed by atoms with Gasteiger partial charge in [0.2, 0.25) is 5.91 Å². The third-order valence-electron chi connectivity index (χ3n) is 5.38. The first kappa shape index (κ1) is 17.8. The number of carboxylic acid groups (broad SMARTS) is 1. The molecule has 25 heavy (non-hydrogen) atoms. The summed E-state index contributed by atoms with van der Waals surface area (Å²) in [6, 6.07) is 3.67. The average molecular weight is 347 g/mol. The van der Waals surface area contributed by atoms with E-state index in [1.165, 1.54) is 0 Å². The molecule has 1 aromatic rings. The van der Waals surface area contributed by atoms with Crippen molar-refractivity contribution in [3.05, 3.63) is 30.1 Å². The number of likely N-dealkylation sites (tertiary alicyclic amines) is 1. The van der Waals surface area contributed by atoms with Crippen LogP contribution in [0.2, 0.25) is 0 Å². The molecule has 2 fully saturated rings. The van der Waals surface area contributed by atoms with Crippen LogP contribution >= 0.6 is 0 Å². The van der Waals surface area contributed by atoms with Crippen molar-refractivity contribution in [3.8, 4) is 0 Å². The molecular formula is C18H25N3O4. The van der Waals surface area contributed by atoms with Gasteiger partial charge in [0.1, 0.15) is 0 Å². The van der Waals surface area contributed by atoms with Gasteiger partial charge >= 0.3 is 5.97 Å². The van der Waals surface area contributed by atoms with Crippen molar-refractivity contribution in [1.29, 1.82) is 0 Å². The van der Waals surface area contributed by atoms with E-state index in [-0.39, 0.29) is 18.4 Å². The Morgan fingerprint density at radius 2 is 1.84 bits per heavy atom. The van der Waals surface area contributed by atoms with Crippen molar-refractivity contribution < 1.29 is 19.4 Å². The van der Waals surface area contributed by atoms with Crippen molar-refractivity contribution in [2.24, 2.45) is 5.92 Å². The number of ether oxygens (including phenoxy) is 1. The highest BCUT2D eigenvalue weighted by atomic mass is 16.5. The Bertz CT molecular complexity index is 628. The second-order valence-corrected chi connectivity index (χ2v) is 7.20. The van der Waals surface area contributed by atoms with Crippen molar-refractivity contribution in [3.63, 3.8) is 0 Å². The Morgan fingerprint density at radius 1 is 1.20 bits per heavy atom. The summed E-state index contributed by atoms with van der Waals surface area (Å²) in [5.74, 6) is -1.67. The molecular weight excluding hydrogens is 322 g/mol. The van der Waals surface area contributed by atoms with Crippen molar-refractivity contribution >= 4 is 11.9 Å². The fourth-order valence-electron chi connectivity index (χ4n) is 3.81. The lowest BCUT2D eigenvalue weighted by molar-refractivity contribution is -0.145. The van der Waals surface area contributed by atoms with Crippen LogP contribution in [0.3, 0.4) is 0 Å². The van der Waals surface area contributed by atoms with Gasteiger partial charge in [-0.15, -0.1) is 0 Å². The van der Waals surface area contributed by atoms with Crippen LogP contribution in [0.15, 0.2) is 24.5 Å². The summed E-state index contributed by atoms with van der Waals surface area (Å²) in [4.78, 5) is 32.7. The summed E-state index contributed by atoms with van der Waals surface area (Å²) in [5, 5.41) is 9.62. The Kier molecular flexibility index (Phi) is 5.06. The van der Waals surface area contributed by atoms with E-state index in [1.807, 2.05) is 26.0 Å². The van der Waals surface area contributed by atoms with Gasteiger partial charge in [0.25, 0.3) is 0 Å². The molecule has 2 saturated heterocycles. The molecule has 1 N–H and O–H groups in total. The van der Waals surface area contributed by atoms with Crippen molar-refractivity contribution in [1.82, 2.24) is 14.8 Å². The molecule has 136 valence electrons. The highest BCUT2D eigenvalue weighted by Crippen LogP contribution is 2.34. The average Bonchev–Trinajstić information content (AvgIpc) is 3.08. The van der Waals surface area contributed by atoms with E-state index in [1.54, 1.807) is 17.3 Å². The second kappa shape index (κ2) is 7.09. The predicted molar refractivity (Wildman–Crippen MR) is 91.2 cm³/mol. The molecule has 0 radical (unpaired) electrons. The molecule has 7 heteroatoms. The van der Waals surface area contributed by atoms with Gasteiger partial charge in [-0.2, -0.15) is 0 Å². The molecule has 0 spiro atoms. The van der Waals surface area contributed by atoms with Gasteiger partial charge in [-0.3, -0.25) is 19.5 Å². The topological polar surface area (TPSA) is 83.0 Å². The molecule has 0 unspecified atom stereocenters. The number of hydrogen-bond donors (Lipinski definition) is 1. The fourth-order valence-corrected chi connectivity index (χ4v) is 3.81. The number of pyridine rings is 1. The van der Waals surface area contributed by atoms with Gasteiger partial charge in [-0.25, -0.2) is 0 Å². The molecule has 1 amide bonds. The number of carbonyl (C=O) groups excluding carboxylic acids is 1. The highest BCUT2D eigenvalue weighted by Gasteiger charge is 2.45. The summed E-state index contributed by atoms with van der Waals surface area (Å²) < 4.78 is 5.37. The van der Waals surface area contributed by atoms with Gasteiger partial charge in [0.15, 0.2) is 0 Å². The van der Waals surface area contributed by atoms with Crippen molar-refractivity contribution in [2.45, 2.75) is 25.3 Å². The molecule has 2 aliphatic heterocycles. The Hall–Kier alpha value is -1.99.